The highest BCUT2D eigenvalue weighted by Gasteiger charge is 2.16. The van der Waals surface area contributed by atoms with Gasteiger partial charge in [-0.05, 0) is 24.6 Å². The van der Waals surface area contributed by atoms with Crippen molar-refractivity contribution < 1.29 is 8.42 Å². The van der Waals surface area contributed by atoms with E-state index in [0.717, 1.165) is 5.69 Å². The van der Waals surface area contributed by atoms with Crippen molar-refractivity contribution in [3.05, 3.63) is 41.0 Å². The Kier molecular flexibility index (Phi) is 5.98. The fourth-order valence-electron chi connectivity index (χ4n) is 2.00. The van der Waals surface area contributed by atoms with Crippen molar-refractivity contribution in [3.8, 4) is 0 Å². The third-order valence-electron chi connectivity index (χ3n) is 3.32. The van der Waals surface area contributed by atoms with Gasteiger partial charge in [0.2, 0.25) is 10.0 Å². The summed E-state index contributed by atoms with van der Waals surface area (Å²) in [5, 5.41) is 11.3. The second-order valence-electron chi connectivity index (χ2n) is 5.43. The van der Waals surface area contributed by atoms with Gasteiger partial charge in [0.15, 0.2) is 5.82 Å². The first-order chi connectivity index (χ1) is 11.3. The minimum atomic E-state index is -3.61. The maximum absolute atomic E-state index is 12.3. The molecule has 0 bridgehead atoms. The molecule has 0 aliphatic rings. The van der Waals surface area contributed by atoms with Gasteiger partial charge in [0.25, 0.3) is 0 Å². The molecule has 0 aliphatic heterocycles. The van der Waals surface area contributed by atoms with Gasteiger partial charge in [-0.2, -0.15) is 5.10 Å². The molecule has 0 saturated heterocycles. The normalized spacial score (nSPS) is 11.3. The summed E-state index contributed by atoms with van der Waals surface area (Å²) in [4.78, 5) is 2.09. The Morgan fingerprint density at radius 3 is 2.67 bits per heavy atom. The summed E-state index contributed by atoms with van der Waals surface area (Å²) in [7, 11) is 0.202. The van der Waals surface area contributed by atoms with Crippen LogP contribution in [0.3, 0.4) is 0 Å². The minimum Gasteiger partial charge on any atom is -0.376 e. The maximum Gasteiger partial charge on any atom is 0.240 e. The molecule has 2 aromatic rings. The van der Waals surface area contributed by atoms with Crippen LogP contribution in [-0.4, -0.2) is 45.8 Å². The van der Waals surface area contributed by atoms with Gasteiger partial charge >= 0.3 is 0 Å². The van der Waals surface area contributed by atoms with Crippen molar-refractivity contribution in [2.45, 2.75) is 11.8 Å². The van der Waals surface area contributed by atoms with Gasteiger partial charge < -0.3 is 10.2 Å². The van der Waals surface area contributed by atoms with Gasteiger partial charge in [0.05, 0.1) is 16.8 Å². The highest BCUT2D eigenvalue weighted by molar-refractivity contribution is 7.89. The third kappa shape index (κ3) is 4.80. The largest absolute Gasteiger partial charge is 0.376 e. The summed E-state index contributed by atoms with van der Waals surface area (Å²) >= 11 is 5.88. The zero-order valence-electron chi connectivity index (χ0n) is 13.7. The Bertz CT molecular complexity index is 811. The van der Waals surface area contributed by atoms with Crippen LogP contribution in [0.25, 0.3) is 0 Å². The van der Waals surface area contributed by atoms with Crippen LogP contribution in [0.15, 0.2) is 35.4 Å². The van der Waals surface area contributed by atoms with Crippen LogP contribution in [0.1, 0.15) is 5.56 Å². The zero-order chi connectivity index (χ0) is 17.7. The molecule has 2 rings (SSSR count). The van der Waals surface area contributed by atoms with Crippen molar-refractivity contribution in [3.63, 3.8) is 0 Å². The summed E-state index contributed by atoms with van der Waals surface area (Å²) in [6.45, 7) is 2.32. The second kappa shape index (κ2) is 7.78. The number of hydrogen-bond acceptors (Lipinski definition) is 6. The van der Waals surface area contributed by atoms with Gasteiger partial charge in [-0.1, -0.05) is 17.7 Å². The molecule has 0 spiro atoms. The van der Waals surface area contributed by atoms with E-state index < -0.39 is 10.0 Å². The zero-order valence-corrected chi connectivity index (χ0v) is 15.3. The second-order valence-corrected chi connectivity index (χ2v) is 7.60. The fourth-order valence-corrected chi connectivity index (χ4v) is 3.54. The molecule has 9 heteroatoms. The van der Waals surface area contributed by atoms with E-state index in [1.54, 1.807) is 25.3 Å². The minimum absolute atomic E-state index is 0.185. The molecule has 1 heterocycles. The van der Waals surface area contributed by atoms with Crippen molar-refractivity contribution >= 4 is 33.1 Å². The van der Waals surface area contributed by atoms with Crippen LogP contribution in [0.2, 0.25) is 5.02 Å². The standard InChI is InChI=1S/C15H20ClN5O2S/c1-11-4-5-12(16)8-14(11)24(22,23)19-7-6-17-15-9-13(21(2)3)10-18-20-15/h4-5,8-10,19H,6-7H2,1-3H3,(H,17,20). The molecule has 0 aliphatic carbocycles. The quantitative estimate of drug-likeness (QED) is 0.725. The molecule has 24 heavy (non-hydrogen) atoms. The summed E-state index contributed by atoms with van der Waals surface area (Å²) in [6, 6.07) is 6.62. The predicted octanol–water partition coefficient (Wildman–Crippen LogP) is 1.89. The van der Waals surface area contributed by atoms with E-state index in [-0.39, 0.29) is 11.4 Å². The highest BCUT2D eigenvalue weighted by atomic mass is 35.5. The van der Waals surface area contributed by atoms with Gasteiger partial charge in [-0.15, -0.1) is 5.10 Å². The molecule has 0 radical (unpaired) electrons. The molecular formula is C15H20ClN5O2S. The van der Waals surface area contributed by atoms with Crippen LogP contribution < -0.4 is 14.9 Å². The van der Waals surface area contributed by atoms with E-state index >= 15 is 0 Å². The third-order valence-corrected chi connectivity index (χ3v) is 5.16. The Balaban J connectivity index is 1.94. The molecular weight excluding hydrogens is 350 g/mol. The average molecular weight is 370 g/mol. The summed E-state index contributed by atoms with van der Waals surface area (Å²) in [6.07, 6.45) is 1.65. The maximum atomic E-state index is 12.3. The van der Waals surface area contributed by atoms with Gasteiger partial charge in [0, 0.05) is 38.3 Å². The van der Waals surface area contributed by atoms with E-state index in [0.29, 0.717) is 22.9 Å². The number of benzene rings is 1. The molecule has 0 unspecified atom stereocenters. The van der Waals surface area contributed by atoms with Crippen LogP contribution in [0.5, 0.6) is 0 Å². The smallest absolute Gasteiger partial charge is 0.240 e. The number of aromatic nitrogens is 2. The van der Waals surface area contributed by atoms with Crippen LogP contribution in [0.4, 0.5) is 11.5 Å². The molecule has 0 fully saturated rings. The first kappa shape index (κ1) is 18.4. The summed E-state index contributed by atoms with van der Waals surface area (Å²) in [5.74, 6) is 0.583. The van der Waals surface area contributed by atoms with Crippen molar-refractivity contribution in [1.82, 2.24) is 14.9 Å². The highest BCUT2D eigenvalue weighted by Crippen LogP contribution is 2.19. The molecule has 0 atom stereocenters. The first-order valence-electron chi connectivity index (χ1n) is 7.29. The lowest BCUT2D eigenvalue weighted by molar-refractivity contribution is 0.582. The van der Waals surface area contributed by atoms with E-state index in [9.17, 15) is 8.42 Å². The van der Waals surface area contributed by atoms with Gasteiger partial charge in [-0.3, -0.25) is 0 Å². The van der Waals surface area contributed by atoms with E-state index in [4.69, 9.17) is 11.6 Å². The van der Waals surface area contributed by atoms with Crippen molar-refractivity contribution in [2.75, 3.05) is 37.4 Å². The number of hydrogen-bond donors (Lipinski definition) is 2. The number of nitrogens with one attached hydrogen (secondary N) is 2. The van der Waals surface area contributed by atoms with Crippen LogP contribution in [-0.2, 0) is 10.0 Å². The number of aryl methyl sites for hydroxylation is 1. The molecule has 0 saturated carbocycles. The molecule has 130 valence electrons. The molecule has 7 nitrogen and oxygen atoms in total. The number of halogens is 1. The lowest BCUT2D eigenvalue weighted by Gasteiger charge is -2.13. The summed E-state index contributed by atoms with van der Waals surface area (Å²) in [5.41, 5.74) is 1.55. The average Bonchev–Trinajstić information content (AvgIpc) is 2.54. The number of anilines is 2. The summed E-state index contributed by atoms with van der Waals surface area (Å²) < 4.78 is 27.2. The van der Waals surface area contributed by atoms with Crippen LogP contribution >= 0.6 is 11.6 Å². The Labute approximate surface area is 147 Å². The predicted molar refractivity (Wildman–Crippen MR) is 96.2 cm³/mol. The lowest BCUT2D eigenvalue weighted by atomic mass is 10.2. The first-order valence-corrected chi connectivity index (χ1v) is 9.15. The Morgan fingerprint density at radius 2 is 1.96 bits per heavy atom. The van der Waals surface area contributed by atoms with Crippen molar-refractivity contribution in [1.29, 1.82) is 0 Å². The van der Waals surface area contributed by atoms with E-state index in [1.165, 1.54) is 6.07 Å². The van der Waals surface area contributed by atoms with Crippen LogP contribution in [0, 0.1) is 6.92 Å². The molecule has 1 aromatic heterocycles. The molecule has 1 aromatic carbocycles. The fraction of sp³-hybridized carbons (Fsp3) is 0.333. The van der Waals surface area contributed by atoms with E-state index in [2.05, 4.69) is 20.2 Å². The van der Waals surface area contributed by atoms with E-state index in [1.807, 2.05) is 25.1 Å². The molecule has 2 N–H and O–H groups in total. The van der Waals surface area contributed by atoms with Gasteiger partial charge in [0.1, 0.15) is 0 Å². The topological polar surface area (TPSA) is 87.2 Å². The number of sulfonamides is 1. The monoisotopic (exact) mass is 369 g/mol. The van der Waals surface area contributed by atoms with Gasteiger partial charge in [-0.25, -0.2) is 13.1 Å². The number of rotatable bonds is 7. The Morgan fingerprint density at radius 1 is 1.21 bits per heavy atom. The van der Waals surface area contributed by atoms with Crippen molar-refractivity contribution in [2.24, 2.45) is 0 Å². The number of nitrogens with zero attached hydrogens (tertiary/aromatic N) is 3. The Hall–Kier alpha value is -1.90. The SMILES string of the molecule is Cc1ccc(Cl)cc1S(=O)(=O)NCCNc1cc(N(C)C)cnn1. The molecule has 0 amide bonds. The lowest BCUT2D eigenvalue weighted by Crippen LogP contribution is -2.29.